The number of benzene rings is 1. The lowest BCUT2D eigenvalue weighted by atomic mass is 10.1. The predicted molar refractivity (Wildman–Crippen MR) is 57.6 cm³/mol. The van der Waals surface area contributed by atoms with Gasteiger partial charge in [-0.15, -0.1) is 0 Å². The Morgan fingerprint density at radius 2 is 2.00 bits per heavy atom. The van der Waals surface area contributed by atoms with Crippen LogP contribution in [0.2, 0.25) is 5.02 Å². The van der Waals surface area contributed by atoms with Crippen LogP contribution >= 0.6 is 11.6 Å². The molecule has 0 bridgehead atoms. The van der Waals surface area contributed by atoms with Crippen molar-refractivity contribution < 1.29 is 4.39 Å². The lowest BCUT2D eigenvalue weighted by molar-refractivity contribution is 0.627. The minimum absolute atomic E-state index is 0.00879. The molecule has 0 N–H and O–H groups in total. The van der Waals surface area contributed by atoms with Crippen LogP contribution in [0.5, 0.6) is 0 Å². The fourth-order valence-electron chi connectivity index (χ4n) is 1.85. The molecule has 1 aliphatic rings. The first-order valence-corrected chi connectivity index (χ1v) is 5.24. The van der Waals surface area contributed by atoms with E-state index in [0.717, 1.165) is 25.9 Å². The third-order valence-corrected chi connectivity index (χ3v) is 2.90. The molecule has 15 heavy (non-hydrogen) atoms. The van der Waals surface area contributed by atoms with Gasteiger partial charge in [-0.3, -0.25) is 0 Å². The van der Waals surface area contributed by atoms with E-state index in [9.17, 15) is 4.39 Å². The SMILES string of the molecule is N#Cc1cc(Cl)c(F)cc1N1CCCC1. The molecule has 0 unspecified atom stereocenters. The molecule has 2 rings (SSSR count). The average molecular weight is 225 g/mol. The third-order valence-electron chi connectivity index (χ3n) is 2.61. The van der Waals surface area contributed by atoms with E-state index in [2.05, 4.69) is 0 Å². The van der Waals surface area contributed by atoms with Crippen LogP contribution < -0.4 is 4.90 Å². The molecule has 1 fully saturated rings. The molecule has 0 aliphatic carbocycles. The van der Waals surface area contributed by atoms with Gasteiger partial charge in [0.05, 0.1) is 16.3 Å². The van der Waals surface area contributed by atoms with E-state index in [-0.39, 0.29) is 5.02 Å². The Labute approximate surface area is 92.9 Å². The zero-order chi connectivity index (χ0) is 10.8. The Kier molecular flexibility index (Phi) is 2.79. The molecule has 78 valence electrons. The van der Waals surface area contributed by atoms with Crippen LogP contribution in [0.15, 0.2) is 12.1 Å². The minimum atomic E-state index is -0.461. The predicted octanol–water partition coefficient (Wildman–Crippen LogP) is 2.95. The summed E-state index contributed by atoms with van der Waals surface area (Å²) in [5.74, 6) is -0.461. The molecule has 0 amide bonds. The van der Waals surface area contributed by atoms with Crippen LogP contribution in [0.3, 0.4) is 0 Å². The van der Waals surface area contributed by atoms with Gasteiger partial charge in [0.1, 0.15) is 11.9 Å². The van der Waals surface area contributed by atoms with E-state index < -0.39 is 5.82 Å². The standard InChI is InChI=1S/C11H10ClFN2/c12-9-5-8(7-14)11(6-10(9)13)15-3-1-2-4-15/h5-6H,1-4H2. The summed E-state index contributed by atoms with van der Waals surface area (Å²) in [4.78, 5) is 2.03. The van der Waals surface area contributed by atoms with Crippen molar-refractivity contribution in [1.29, 1.82) is 5.26 Å². The van der Waals surface area contributed by atoms with Gasteiger partial charge in [-0.05, 0) is 18.9 Å². The van der Waals surface area contributed by atoms with Gasteiger partial charge >= 0.3 is 0 Å². The summed E-state index contributed by atoms with van der Waals surface area (Å²) >= 11 is 5.63. The highest BCUT2D eigenvalue weighted by Gasteiger charge is 2.17. The summed E-state index contributed by atoms with van der Waals surface area (Å²) < 4.78 is 13.3. The van der Waals surface area contributed by atoms with Gasteiger partial charge in [0.15, 0.2) is 0 Å². The summed E-state index contributed by atoms with van der Waals surface area (Å²) in [6, 6.07) is 4.79. The fourth-order valence-corrected chi connectivity index (χ4v) is 2.01. The van der Waals surface area contributed by atoms with Crippen molar-refractivity contribution in [3.63, 3.8) is 0 Å². The lowest BCUT2D eigenvalue weighted by Crippen LogP contribution is -2.19. The maximum atomic E-state index is 13.3. The van der Waals surface area contributed by atoms with Crippen molar-refractivity contribution >= 4 is 17.3 Å². The second-order valence-corrected chi connectivity index (χ2v) is 4.00. The van der Waals surface area contributed by atoms with E-state index in [1.807, 2.05) is 11.0 Å². The second-order valence-electron chi connectivity index (χ2n) is 3.59. The van der Waals surface area contributed by atoms with Crippen LogP contribution in [-0.2, 0) is 0 Å². The fraction of sp³-hybridized carbons (Fsp3) is 0.364. The van der Waals surface area contributed by atoms with E-state index >= 15 is 0 Å². The first kappa shape index (κ1) is 10.3. The minimum Gasteiger partial charge on any atom is -0.370 e. The van der Waals surface area contributed by atoms with Crippen molar-refractivity contribution in [1.82, 2.24) is 0 Å². The molecule has 0 spiro atoms. The van der Waals surface area contributed by atoms with Gasteiger partial charge in [0, 0.05) is 19.2 Å². The molecule has 1 aromatic rings. The summed E-state index contributed by atoms with van der Waals surface area (Å²) in [5.41, 5.74) is 1.11. The summed E-state index contributed by atoms with van der Waals surface area (Å²) in [6.45, 7) is 1.77. The van der Waals surface area contributed by atoms with Crippen LogP contribution in [0.4, 0.5) is 10.1 Å². The number of halogens is 2. The van der Waals surface area contributed by atoms with Crippen molar-refractivity contribution in [3.8, 4) is 6.07 Å². The van der Waals surface area contributed by atoms with Gasteiger partial charge in [0.2, 0.25) is 0 Å². The van der Waals surface area contributed by atoms with Gasteiger partial charge in [-0.25, -0.2) is 4.39 Å². The Balaban J connectivity index is 2.45. The number of rotatable bonds is 1. The largest absolute Gasteiger partial charge is 0.370 e. The Morgan fingerprint density at radius 1 is 1.33 bits per heavy atom. The van der Waals surface area contributed by atoms with E-state index in [1.165, 1.54) is 12.1 Å². The van der Waals surface area contributed by atoms with Gasteiger partial charge in [-0.2, -0.15) is 5.26 Å². The molecular weight excluding hydrogens is 215 g/mol. The molecule has 0 radical (unpaired) electrons. The van der Waals surface area contributed by atoms with Gasteiger partial charge in [0.25, 0.3) is 0 Å². The van der Waals surface area contributed by atoms with Crippen LogP contribution in [-0.4, -0.2) is 13.1 Å². The molecule has 1 heterocycles. The van der Waals surface area contributed by atoms with Crippen molar-refractivity contribution in [3.05, 3.63) is 28.5 Å². The molecular formula is C11H10ClFN2. The number of nitriles is 1. The zero-order valence-corrected chi connectivity index (χ0v) is 8.89. The summed E-state index contributed by atoms with van der Waals surface area (Å²) in [6.07, 6.45) is 2.18. The van der Waals surface area contributed by atoms with Crippen LogP contribution in [0, 0.1) is 17.1 Å². The molecule has 1 aliphatic heterocycles. The lowest BCUT2D eigenvalue weighted by Gasteiger charge is -2.19. The highest BCUT2D eigenvalue weighted by atomic mass is 35.5. The summed E-state index contributed by atoms with van der Waals surface area (Å²) in [7, 11) is 0. The molecule has 4 heteroatoms. The topological polar surface area (TPSA) is 27.0 Å². The number of hydrogen-bond acceptors (Lipinski definition) is 2. The second kappa shape index (κ2) is 4.08. The zero-order valence-electron chi connectivity index (χ0n) is 8.13. The molecule has 0 aromatic heterocycles. The smallest absolute Gasteiger partial charge is 0.143 e. The number of hydrogen-bond donors (Lipinski definition) is 0. The molecule has 1 saturated heterocycles. The molecule has 1 aromatic carbocycles. The third kappa shape index (κ3) is 1.91. The van der Waals surface area contributed by atoms with Crippen LogP contribution in [0.25, 0.3) is 0 Å². The number of anilines is 1. The van der Waals surface area contributed by atoms with E-state index in [1.54, 1.807) is 0 Å². The van der Waals surface area contributed by atoms with Crippen LogP contribution in [0.1, 0.15) is 18.4 Å². The van der Waals surface area contributed by atoms with Gasteiger partial charge < -0.3 is 4.90 Å². The monoisotopic (exact) mass is 224 g/mol. The highest BCUT2D eigenvalue weighted by Crippen LogP contribution is 2.28. The van der Waals surface area contributed by atoms with Crippen molar-refractivity contribution in [2.24, 2.45) is 0 Å². The van der Waals surface area contributed by atoms with Crippen molar-refractivity contribution in [2.45, 2.75) is 12.8 Å². The molecule has 0 atom stereocenters. The average Bonchev–Trinajstić information content (AvgIpc) is 2.74. The Bertz CT molecular complexity index is 419. The number of nitrogens with zero attached hydrogens (tertiary/aromatic N) is 2. The van der Waals surface area contributed by atoms with Crippen molar-refractivity contribution in [2.75, 3.05) is 18.0 Å². The van der Waals surface area contributed by atoms with E-state index in [0.29, 0.717) is 11.3 Å². The first-order chi connectivity index (χ1) is 7.22. The maximum Gasteiger partial charge on any atom is 0.143 e. The maximum absolute atomic E-state index is 13.3. The molecule has 0 saturated carbocycles. The first-order valence-electron chi connectivity index (χ1n) is 4.86. The highest BCUT2D eigenvalue weighted by molar-refractivity contribution is 6.31. The van der Waals surface area contributed by atoms with Gasteiger partial charge in [-0.1, -0.05) is 11.6 Å². The molecule has 2 nitrogen and oxygen atoms in total. The van der Waals surface area contributed by atoms with E-state index in [4.69, 9.17) is 16.9 Å². The summed E-state index contributed by atoms with van der Waals surface area (Å²) in [5, 5.41) is 8.95. The Hall–Kier alpha value is -1.27. The normalized spacial score (nSPS) is 15.4. The Morgan fingerprint density at radius 3 is 2.60 bits per heavy atom. The quantitative estimate of drug-likeness (QED) is 0.733.